The predicted molar refractivity (Wildman–Crippen MR) is 116 cm³/mol. The fourth-order valence-corrected chi connectivity index (χ4v) is 5.28. The summed E-state index contributed by atoms with van der Waals surface area (Å²) >= 11 is 0. The Morgan fingerprint density at radius 1 is 1.20 bits per heavy atom. The van der Waals surface area contributed by atoms with E-state index < -0.39 is 6.09 Å². The Morgan fingerprint density at radius 3 is 2.67 bits per heavy atom. The summed E-state index contributed by atoms with van der Waals surface area (Å²) in [7, 11) is 0. The molecule has 1 aromatic carbocycles. The van der Waals surface area contributed by atoms with Crippen LogP contribution < -0.4 is 0 Å². The lowest BCUT2D eigenvalue weighted by Crippen LogP contribution is -2.50. The largest absolute Gasteiger partial charge is 0.465 e. The SMILES string of the molecule is CCc1cn[nH]c1[C@@H]1CCCN(C(=O)O)[C@@H]1COC1CCC(c2ccccc2)CC1. The maximum atomic E-state index is 11.9. The van der Waals surface area contributed by atoms with Gasteiger partial charge in [-0.15, -0.1) is 0 Å². The van der Waals surface area contributed by atoms with E-state index in [9.17, 15) is 9.90 Å². The van der Waals surface area contributed by atoms with Crippen molar-refractivity contribution in [1.82, 2.24) is 15.1 Å². The smallest absolute Gasteiger partial charge is 0.407 e. The molecule has 2 fully saturated rings. The highest BCUT2D eigenvalue weighted by Crippen LogP contribution is 2.36. The third-order valence-corrected chi connectivity index (χ3v) is 6.98. The first-order valence-corrected chi connectivity index (χ1v) is 11.4. The Hall–Kier alpha value is -2.34. The van der Waals surface area contributed by atoms with Gasteiger partial charge in [0.05, 0.1) is 24.9 Å². The minimum atomic E-state index is -0.848. The lowest BCUT2D eigenvalue weighted by Gasteiger charge is -2.40. The van der Waals surface area contributed by atoms with Crippen LogP contribution in [0.5, 0.6) is 0 Å². The molecule has 4 rings (SSSR count). The van der Waals surface area contributed by atoms with Crippen LogP contribution in [0.1, 0.15) is 74.1 Å². The van der Waals surface area contributed by atoms with Gasteiger partial charge in [0, 0.05) is 18.2 Å². The molecule has 0 radical (unpaired) electrons. The number of hydrogen-bond acceptors (Lipinski definition) is 3. The summed E-state index contributed by atoms with van der Waals surface area (Å²) in [5.74, 6) is 0.731. The Balaban J connectivity index is 1.40. The van der Waals surface area contributed by atoms with Gasteiger partial charge in [-0.1, -0.05) is 37.3 Å². The van der Waals surface area contributed by atoms with Gasteiger partial charge in [-0.25, -0.2) is 4.79 Å². The number of H-pyrrole nitrogens is 1. The van der Waals surface area contributed by atoms with E-state index in [4.69, 9.17) is 4.74 Å². The van der Waals surface area contributed by atoms with Crippen molar-refractivity contribution in [2.45, 2.75) is 75.9 Å². The average Bonchev–Trinajstić information content (AvgIpc) is 3.27. The molecule has 30 heavy (non-hydrogen) atoms. The van der Waals surface area contributed by atoms with Gasteiger partial charge < -0.3 is 14.7 Å². The number of piperidine rings is 1. The van der Waals surface area contributed by atoms with Crippen LogP contribution in [0.15, 0.2) is 36.5 Å². The number of nitrogens with one attached hydrogen (secondary N) is 1. The molecule has 1 aliphatic heterocycles. The summed E-state index contributed by atoms with van der Waals surface area (Å²) in [6.45, 7) is 3.15. The molecule has 2 N–H and O–H groups in total. The van der Waals surface area contributed by atoms with Gasteiger partial charge in [-0.05, 0) is 62.0 Å². The molecule has 2 aromatic rings. The van der Waals surface area contributed by atoms with Gasteiger partial charge in [-0.3, -0.25) is 5.10 Å². The van der Waals surface area contributed by atoms with Crippen molar-refractivity contribution >= 4 is 6.09 Å². The molecule has 2 aliphatic rings. The second kappa shape index (κ2) is 9.65. The molecule has 0 bridgehead atoms. The van der Waals surface area contributed by atoms with E-state index in [1.807, 2.05) is 6.20 Å². The molecule has 1 amide bonds. The zero-order valence-electron chi connectivity index (χ0n) is 17.8. The van der Waals surface area contributed by atoms with Crippen LogP contribution in [-0.4, -0.2) is 51.6 Å². The van der Waals surface area contributed by atoms with Crippen LogP contribution in [0.4, 0.5) is 4.79 Å². The van der Waals surface area contributed by atoms with Crippen LogP contribution in [0.3, 0.4) is 0 Å². The molecule has 2 atom stereocenters. The van der Waals surface area contributed by atoms with Crippen LogP contribution in [0.25, 0.3) is 0 Å². The minimum Gasteiger partial charge on any atom is -0.465 e. The summed E-state index contributed by atoms with van der Waals surface area (Å²) in [5.41, 5.74) is 3.69. The zero-order valence-corrected chi connectivity index (χ0v) is 17.8. The number of rotatable bonds is 6. The standard InChI is InChI=1S/C24H33N3O3/c1-2-17-15-25-26-23(17)21-9-6-14-27(24(28)29)22(21)16-30-20-12-10-19(11-13-20)18-7-4-3-5-8-18/h3-5,7-8,15,19-22H,2,6,9-14,16H2,1H3,(H,25,26)(H,28,29)/t19?,20?,21-,22-/m1/s1. The summed E-state index contributed by atoms with van der Waals surface area (Å²) < 4.78 is 6.35. The van der Waals surface area contributed by atoms with Crippen molar-refractivity contribution in [3.05, 3.63) is 53.3 Å². The van der Waals surface area contributed by atoms with Crippen molar-refractivity contribution in [3.63, 3.8) is 0 Å². The van der Waals surface area contributed by atoms with Gasteiger partial charge in [0.2, 0.25) is 0 Å². The fourth-order valence-electron chi connectivity index (χ4n) is 5.28. The van der Waals surface area contributed by atoms with E-state index in [1.54, 1.807) is 4.90 Å². The van der Waals surface area contributed by atoms with Gasteiger partial charge >= 0.3 is 6.09 Å². The molecular formula is C24H33N3O3. The number of nitrogens with zero attached hydrogens (tertiary/aromatic N) is 2. The number of carboxylic acid groups (broad SMARTS) is 1. The molecule has 6 heteroatoms. The molecule has 0 unspecified atom stereocenters. The molecule has 162 valence electrons. The topological polar surface area (TPSA) is 78.5 Å². The molecule has 1 aliphatic carbocycles. The lowest BCUT2D eigenvalue weighted by molar-refractivity contribution is -0.0224. The number of aromatic nitrogens is 2. The van der Waals surface area contributed by atoms with Gasteiger partial charge in [0.25, 0.3) is 0 Å². The van der Waals surface area contributed by atoms with Crippen molar-refractivity contribution in [1.29, 1.82) is 0 Å². The van der Waals surface area contributed by atoms with Crippen molar-refractivity contribution in [2.75, 3.05) is 13.2 Å². The number of carbonyl (C=O) groups is 1. The molecule has 1 aromatic heterocycles. The number of likely N-dealkylation sites (tertiary alicyclic amines) is 1. The van der Waals surface area contributed by atoms with Crippen LogP contribution >= 0.6 is 0 Å². The number of amides is 1. The van der Waals surface area contributed by atoms with E-state index in [0.29, 0.717) is 19.1 Å². The monoisotopic (exact) mass is 411 g/mol. The number of benzene rings is 1. The van der Waals surface area contributed by atoms with E-state index in [2.05, 4.69) is 47.5 Å². The third-order valence-electron chi connectivity index (χ3n) is 6.98. The van der Waals surface area contributed by atoms with Crippen molar-refractivity contribution in [3.8, 4) is 0 Å². The fraction of sp³-hybridized carbons (Fsp3) is 0.583. The minimum absolute atomic E-state index is 0.118. The summed E-state index contributed by atoms with van der Waals surface area (Å²) in [6, 6.07) is 10.6. The molecular weight excluding hydrogens is 378 g/mol. The first-order chi connectivity index (χ1) is 14.7. The molecule has 2 heterocycles. The van der Waals surface area contributed by atoms with Crippen molar-refractivity contribution in [2.24, 2.45) is 0 Å². The molecule has 1 saturated carbocycles. The number of hydrogen-bond donors (Lipinski definition) is 2. The first kappa shape index (κ1) is 20.9. The molecule has 1 saturated heterocycles. The van der Waals surface area contributed by atoms with E-state index in [1.165, 1.54) is 11.1 Å². The Labute approximate surface area is 178 Å². The maximum Gasteiger partial charge on any atom is 0.407 e. The number of aromatic amines is 1. The van der Waals surface area contributed by atoms with Crippen molar-refractivity contribution < 1.29 is 14.6 Å². The summed E-state index contributed by atoms with van der Waals surface area (Å²) in [6.07, 6.45) is 8.31. The van der Waals surface area contributed by atoms with E-state index >= 15 is 0 Å². The second-order valence-corrected chi connectivity index (χ2v) is 8.67. The van der Waals surface area contributed by atoms with E-state index in [-0.39, 0.29) is 18.1 Å². The van der Waals surface area contributed by atoms with Crippen LogP contribution in [0.2, 0.25) is 0 Å². The molecule has 0 spiro atoms. The quantitative estimate of drug-likeness (QED) is 0.706. The average molecular weight is 412 g/mol. The summed E-state index contributed by atoms with van der Waals surface area (Å²) in [4.78, 5) is 13.5. The lowest BCUT2D eigenvalue weighted by atomic mass is 9.82. The predicted octanol–water partition coefficient (Wildman–Crippen LogP) is 4.94. The van der Waals surface area contributed by atoms with Gasteiger partial charge in [0.1, 0.15) is 0 Å². The second-order valence-electron chi connectivity index (χ2n) is 8.67. The van der Waals surface area contributed by atoms with Gasteiger partial charge in [0.15, 0.2) is 0 Å². The van der Waals surface area contributed by atoms with Gasteiger partial charge in [-0.2, -0.15) is 5.10 Å². The molecule has 6 nitrogen and oxygen atoms in total. The normalized spacial score (nSPS) is 27.2. The Kier molecular flexibility index (Phi) is 6.72. The summed E-state index contributed by atoms with van der Waals surface area (Å²) in [5, 5.41) is 17.2. The van der Waals surface area contributed by atoms with Crippen LogP contribution in [0, 0.1) is 0 Å². The Bertz CT molecular complexity index is 814. The highest BCUT2D eigenvalue weighted by molar-refractivity contribution is 5.66. The third kappa shape index (κ3) is 4.53. The number of ether oxygens (including phenoxy) is 1. The zero-order chi connectivity index (χ0) is 20.9. The highest BCUT2D eigenvalue weighted by Gasteiger charge is 2.38. The highest BCUT2D eigenvalue weighted by atomic mass is 16.5. The Morgan fingerprint density at radius 2 is 1.97 bits per heavy atom. The maximum absolute atomic E-state index is 11.9. The van der Waals surface area contributed by atoms with Crippen LogP contribution in [-0.2, 0) is 11.2 Å². The number of aryl methyl sites for hydroxylation is 1. The first-order valence-electron chi connectivity index (χ1n) is 11.4. The van der Waals surface area contributed by atoms with E-state index in [0.717, 1.165) is 50.6 Å².